The number of thioether (sulfide) groups is 1. The third-order valence-corrected chi connectivity index (χ3v) is 11.4. The molecule has 2 fully saturated rings. The average molecular weight is 686 g/mol. The highest BCUT2D eigenvalue weighted by molar-refractivity contribution is 8.13. The van der Waals surface area contributed by atoms with Crippen LogP contribution in [-0.2, 0) is 21.6 Å². The number of nitrogens with zero attached hydrogens (tertiary/aromatic N) is 3. The minimum atomic E-state index is -4.55. The number of aromatic nitrogens is 2. The number of aliphatic imine (C=N–C) groups is 1. The Morgan fingerprint density at radius 3 is 2.39 bits per heavy atom. The molecule has 7 nitrogen and oxygen atoms in total. The number of ether oxygens (including phenoxy) is 3. The van der Waals surface area contributed by atoms with Crippen LogP contribution >= 0.6 is 11.8 Å². The Hall–Kier alpha value is -2.52. The predicted molar refractivity (Wildman–Crippen MR) is 172 cm³/mol. The molecule has 0 unspecified atom stereocenters. The van der Waals surface area contributed by atoms with Crippen LogP contribution < -0.4 is 4.74 Å². The van der Waals surface area contributed by atoms with E-state index in [0.717, 1.165) is 18.2 Å². The zero-order chi connectivity index (χ0) is 33.3. The Bertz CT molecular complexity index is 1550. The lowest BCUT2D eigenvalue weighted by Gasteiger charge is -2.43. The van der Waals surface area contributed by atoms with E-state index in [9.17, 15) is 18.3 Å². The number of fused-ring (bicyclic) bond motifs is 1. The van der Waals surface area contributed by atoms with Gasteiger partial charge in [-0.1, -0.05) is 26.1 Å². The minimum absolute atomic E-state index is 0.0208. The topological polar surface area (TPSA) is 78.1 Å². The Labute approximate surface area is 270 Å². The number of pyridine rings is 1. The van der Waals surface area contributed by atoms with E-state index in [0.29, 0.717) is 44.1 Å². The lowest BCUT2D eigenvalue weighted by molar-refractivity contribution is -0.212. The molecule has 3 heterocycles. The highest BCUT2D eigenvalue weighted by atomic mass is 32.2. The molecule has 0 atom stereocenters. The summed E-state index contributed by atoms with van der Waals surface area (Å²) in [5, 5.41) is 10.4. The maximum atomic E-state index is 15.4. The molecule has 1 aliphatic heterocycles. The summed E-state index contributed by atoms with van der Waals surface area (Å²) in [7, 11) is -1.40. The smallest absolute Gasteiger partial charge is 0.398 e. The van der Waals surface area contributed by atoms with Crippen LogP contribution in [0.3, 0.4) is 0 Å². The van der Waals surface area contributed by atoms with Gasteiger partial charge in [-0.25, -0.2) is 18.8 Å². The number of rotatable bonds is 13. The van der Waals surface area contributed by atoms with Crippen molar-refractivity contribution >= 4 is 41.6 Å². The molecule has 0 radical (unpaired) electrons. The van der Waals surface area contributed by atoms with Crippen molar-refractivity contribution in [1.82, 2.24) is 9.55 Å². The number of alkyl halides is 3. The van der Waals surface area contributed by atoms with Crippen LogP contribution in [0, 0.1) is 17.0 Å². The van der Waals surface area contributed by atoms with Gasteiger partial charge in [-0.05, 0) is 49.6 Å². The van der Waals surface area contributed by atoms with Crippen LogP contribution in [0.5, 0.6) is 11.5 Å². The highest BCUT2D eigenvalue weighted by Crippen LogP contribution is 2.57. The number of halogens is 5. The lowest BCUT2D eigenvalue weighted by Crippen LogP contribution is -2.47. The van der Waals surface area contributed by atoms with Gasteiger partial charge in [0.15, 0.2) is 17.4 Å². The molecular formula is C32H40F5N3O4SSi. The highest BCUT2D eigenvalue weighted by Gasteiger charge is 2.60. The van der Waals surface area contributed by atoms with Crippen molar-refractivity contribution in [2.45, 2.75) is 76.1 Å². The van der Waals surface area contributed by atoms with Gasteiger partial charge in [0.05, 0.1) is 41.4 Å². The van der Waals surface area contributed by atoms with Gasteiger partial charge in [-0.3, -0.25) is 0 Å². The lowest BCUT2D eigenvalue weighted by atomic mass is 9.64. The van der Waals surface area contributed by atoms with E-state index in [1.54, 1.807) is 6.26 Å². The molecule has 1 N–H and O–H groups in total. The van der Waals surface area contributed by atoms with Gasteiger partial charge in [0.25, 0.3) is 0 Å². The summed E-state index contributed by atoms with van der Waals surface area (Å²) in [6.45, 7) is 7.90. The van der Waals surface area contributed by atoms with Crippen LogP contribution in [0.1, 0.15) is 37.7 Å². The third kappa shape index (κ3) is 7.15. The van der Waals surface area contributed by atoms with Gasteiger partial charge < -0.3 is 23.9 Å². The molecule has 0 spiro atoms. The van der Waals surface area contributed by atoms with E-state index in [2.05, 4.69) is 29.6 Å². The molecule has 0 amide bonds. The Morgan fingerprint density at radius 2 is 1.87 bits per heavy atom. The van der Waals surface area contributed by atoms with Gasteiger partial charge >= 0.3 is 6.18 Å². The fraction of sp³-hybridized carbons (Fsp3) is 0.562. The standard InChI is InChI=1S/C32H40F5N3O4SSi/c1-45-26(6-10-30(17-41)18-43-19-30)39-21-14-23(33)28(24(34)15-21)44-25-7-11-38-29-27(25)22(31(8-5-9-31)32(35,36)37)16-40(29)20-42-12-13-46(2,3)4/h7,11,14-16,41H,5-6,8-10,12-13,17-20H2,1-4H3. The molecular weight excluding hydrogens is 646 g/mol. The fourth-order valence-corrected chi connectivity index (χ4v) is 7.01. The van der Waals surface area contributed by atoms with Crippen molar-refractivity contribution in [3.05, 3.63) is 47.8 Å². The van der Waals surface area contributed by atoms with Crippen LogP contribution in [-0.4, -0.2) is 66.6 Å². The van der Waals surface area contributed by atoms with Crippen LogP contribution in [0.2, 0.25) is 25.7 Å². The van der Waals surface area contributed by atoms with Crippen molar-refractivity contribution in [1.29, 1.82) is 0 Å². The largest absolute Gasteiger partial charge is 0.450 e. The number of hydrogen-bond donors (Lipinski definition) is 1. The van der Waals surface area contributed by atoms with E-state index in [-0.39, 0.29) is 59.6 Å². The zero-order valence-electron chi connectivity index (χ0n) is 26.5. The van der Waals surface area contributed by atoms with Gasteiger partial charge in [0.2, 0.25) is 0 Å². The fourth-order valence-electron chi connectivity index (χ4n) is 5.75. The number of benzene rings is 1. The van der Waals surface area contributed by atoms with Crippen LogP contribution in [0.4, 0.5) is 27.6 Å². The Balaban J connectivity index is 1.47. The molecule has 2 aliphatic rings. The molecule has 2 aromatic heterocycles. The Morgan fingerprint density at radius 1 is 1.17 bits per heavy atom. The molecule has 1 saturated carbocycles. The molecule has 46 heavy (non-hydrogen) atoms. The second-order valence-corrected chi connectivity index (χ2v) is 20.0. The molecule has 14 heteroatoms. The summed E-state index contributed by atoms with van der Waals surface area (Å²) in [6.07, 6.45) is 1.26. The van der Waals surface area contributed by atoms with Gasteiger partial charge in [-0.2, -0.15) is 13.2 Å². The summed E-state index contributed by atoms with van der Waals surface area (Å²) < 4.78 is 93.0. The SMILES string of the molecule is CSC(CCC1(CO)COC1)=Nc1cc(F)c(Oc2ccnc3c2c(C2(C(F)(F)F)CCC2)cn3COCC[Si](C)(C)C)c(F)c1. The zero-order valence-corrected chi connectivity index (χ0v) is 28.3. The average Bonchev–Trinajstić information content (AvgIpc) is 3.29. The summed E-state index contributed by atoms with van der Waals surface area (Å²) >= 11 is 1.34. The van der Waals surface area contributed by atoms with Gasteiger partial charge in [0.1, 0.15) is 18.1 Å². The van der Waals surface area contributed by atoms with E-state index in [1.807, 2.05) is 0 Å². The number of hydrogen-bond acceptors (Lipinski definition) is 7. The van der Waals surface area contributed by atoms with E-state index in [1.165, 1.54) is 34.8 Å². The second kappa shape index (κ2) is 13.5. The van der Waals surface area contributed by atoms with Gasteiger partial charge in [-0.15, -0.1) is 11.8 Å². The molecule has 3 aromatic rings. The third-order valence-electron chi connectivity index (χ3n) is 8.92. The first kappa shape index (κ1) is 34.8. The molecule has 1 aliphatic carbocycles. The van der Waals surface area contributed by atoms with E-state index < -0.39 is 37.0 Å². The first-order valence-electron chi connectivity index (χ1n) is 15.3. The van der Waals surface area contributed by atoms with E-state index >= 15 is 8.78 Å². The second-order valence-electron chi connectivity index (χ2n) is 13.5. The maximum Gasteiger partial charge on any atom is 0.398 e. The molecule has 5 rings (SSSR count). The van der Waals surface area contributed by atoms with E-state index in [4.69, 9.17) is 14.2 Å². The van der Waals surface area contributed by atoms with Gasteiger partial charge in [0, 0.05) is 44.6 Å². The Kier molecular flexibility index (Phi) is 10.2. The minimum Gasteiger partial charge on any atom is -0.450 e. The molecule has 1 saturated heterocycles. The van der Waals surface area contributed by atoms with Crippen molar-refractivity contribution in [3.63, 3.8) is 0 Å². The number of aliphatic hydroxyl groups is 1. The number of aliphatic hydroxyl groups excluding tert-OH is 1. The van der Waals surface area contributed by atoms with Crippen LogP contribution in [0.25, 0.3) is 11.0 Å². The summed E-state index contributed by atoms with van der Waals surface area (Å²) in [5.41, 5.74) is -2.28. The quantitative estimate of drug-likeness (QED) is 0.0639. The van der Waals surface area contributed by atoms with Crippen molar-refractivity contribution in [2.75, 3.05) is 32.7 Å². The monoisotopic (exact) mass is 685 g/mol. The molecule has 0 bridgehead atoms. The summed E-state index contributed by atoms with van der Waals surface area (Å²) in [5.74, 6) is -2.98. The van der Waals surface area contributed by atoms with Crippen molar-refractivity contribution < 1.29 is 41.3 Å². The van der Waals surface area contributed by atoms with Crippen molar-refractivity contribution in [3.8, 4) is 11.5 Å². The van der Waals surface area contributed by atoms with Crippen molar-refractivity contribution in [2.24, 2.45) is 10.4 Å². The van der Waals surface area contributed by atoms with Crippen LogP contribution in [0.15, 0.2) is 35.6 Å². The maximum absolute atomic E-state index is 15.4. The molecule has 1 aromatic carbocycles. The first-order valence-corrected chi connectivity index (χ1v) is 20.2. The predicted octanol–water partition coefficient (Wildman–Crippen LogP) is 8.59. The summed E-state index contributed by atoms with van der Waals surface area (Å²) in [6, 6.07) is 4.26. The normalized spacial score (nSPS) is 18.0. The first-order chi connectivity index (χ1) is 21.7. The molecule has 252 valence electrons. The summed E-state index contributed by atoms with van der Waals surface area (Å²) in [4.78, 5) is 8.76.